The number of β-lactam (4-membered cyclic amide) rings is 1. The van der Waals surface area contributed by atoms with Gasteiger partial charge in [-0.1, -0.05) is 67.7 Å². The lowest BCUT2D eigenvalue weighted by Gasteiger charge is -2.37. The SMILES string of the molecule is COc1ccc([Si](C)(C)[C@@H]2[C@@H](CC(=O)N(CCO)Cc3ccccc3)O[C@]3(C(=O)Nc4ccc(N5CCC5=O)cc43)[C@H]2C)cc1. The van der Waals surface area contributed by atoms with Crippen molar-refractivity contribution in [2.24, 2.45) is 5.92 Å². The Labute approximate surface area is 265 Å². The van der Waals surface area contributed by atoms with E-state index in [1.165, 1.54) is 5.19 Å². The van der Waals surface area contributed by atoms with E-state index in [2.05, 4.69) is 37.5 Å². The van der Waals surface area contributed by atoms with Gasteiger partial charge in [0.1, 0.15) is 5.75 Å². The van der Waals surface area contributed by atoms with E-state index in [-0.39, 0.29) is 48.8 Å². The van der Waals surface area contributed by atoms with Crippen LogP contribution >= 0.6 is 0 Å². The number of hydrogen-bond acceptors (Lipinski definition) is 6. The highest BCUT2D eigenvalue weighted by atomic mass is 28.3. The van der Waals surface area contributed by atoms with Crippen LogP contribution in [-0.2, 0) is 31.3 Å². The Morgan fingerprint density at radius 2 is 1.84 bits per heavy atom. The molecule has 3 amide bonds. The number of methoxy groups -OCH3 is 1. The van der Waals surface area contributed by atoms with Gasteiger partial charge in [0.25, 0.3) is 5.91 Å². The average Bonchev–Trinajstić information content (AvgIpc) is 3.49. The lowest BCUT2D eigenvalue weighted by Crippen LogP contribution is -2.52. The van der Waals surface area contributed by atoms with Crippen LogP contribution in [0.25, 0.3) is 0 Å². The van der Waals surface area contributed by atoms with Crippen LogP contribution in [0.15, 0.2) is 72.8 Å². The highest BCUT2D eigenvalue weighted by Crippen LogP contribution is 2.59. The lowest BCUT2D eigenvalue weighted by molar-refractivity contribution is -0.148. The van der Waals surface area contributed by atoms with E-state index in [9.17, 15) is 19.5 Å². The third-order valence-corrected chi connectivity index (χ3v) is 14.4. The summed E-state index contributed by atoms with van der Waals surface area (Å²) in [7, 11) is -0.794. The predicted octanol–water partition coefficient (Wildman–Crippen LogP) is 4.01. The van der Waals surface area contributed by atoms with Crippen molar-refractivity contribution in [2.75, 3.05) is 37.0 Å². The van der Waals surface area contributed by atoms with E-state index >= 15 is 0 Å². The molecule has 0 bridgehead atoms. The lowest BCUT2D eigenvalue weighted by atomic mass is 9.82. The zero-order chi connectivity index (χ0) is 31.9. The quantitative estimate of drug-likeness (QED) is 0.260. The average molecular weight is 628 g/mol. The highest BCUT2D eigenvalue weighted by molar-refractivity contribution is 6.91. The second kappa shape index (κ2) is 12.1. The molecule has 236 valence electrons. The van der Waals surface area contributed by atoms with Gasteiger partial charge in [-0.2, -0.15) is 0 Å². The zero-order valence-corrected chi connectivity index (χ0v) is 27.3. The number of benzene rings is 3. The van der Waals surface area contributed by atoms with Gasteiger partial charge in [0.15, 0.2) is 5.60 Å². The maximum absolute atomic E-state index is 14.0. The molecule has 0 aliphatic carbocycles. The molecule has 2 N–H and O–H groups in total. The molecular weight excluding hydrogens is 586 g/mol. The molecule has 2 fully saturated rings. The summed E-state index contributed by atoms with van der Waals surface area (Å²) in [6.45, 7) is 7.66. The summed E-state index contributed by atoms with van der Waals surface area (Å²) in [5, 5.41) is 14.1. The van der Waals surface area contributed by atoms with Gasteiger partial charge in [0.05, 0.1) is 34.3 Å². The molecular formula is C35H41N3O6Si. The number of aliphatic hydroxyl groups is 1. The molecule has 3 aromatic carbocycles. The fourth-order valence-electron chi connectivity index (χ4n) is 7.59. The fraction of sp³-hybridized carbons (Fsp3) is 0.400. The largest absolute Gasteiger partial charge is 0.497 e. The number of anilines is 2. The smallest absolute Gasteiger partial charge is 0.261 e. The molecule has 3 aromatic rings. The molecule has 9 nitrogen and oxygen atoms in total. The monoisotopic (exact) mass is 627 g/mol. The third kappa shape index (κ3) is 5.34. The van der Waals surface area contributed by atoms with E-state index < -0.39 is 19.8 Å². The first kappa shape index (κ1) is 31.0. The van der Waals surface area contributed by atoms with Crippen molar-refractivity contribution in [3.05, 3.63) is 83.9 Å². The molecule has 0 unspecified atom stereocenters. The van der Waals surface area contributed by atoms with Gasteiger partial charge >= 0.3 is 0 Å². The molecule has 2 saturated heterocycles. The van der Waals surface area contributed by atoms with Crippen molar-refractivity contribution in [2.45, 2.75) is 56.7 Å². The van der Waals surface area contributed by atoms with Crippen LogP contribution in [0.2, 0.25) is 18.6 Å². The van der Waals surface area contributed by atoms with Gasteiger partial charge in [0, 0.05) is 48.9 Å². The number of amides is 3. The molecule has 0 radical (unpaired) electrons. The standard InChI is InChI=1S/C35H41N3O6Si/c1-23-33(45(3,4)27-13-11-26(43-2)12-14-27)30(21-32(41)37(18-19-39)22-24-8-6-5-7-9-24)44-35(23)28-20-25(38-17-16-31(38)40)10-15-29(28)36-34(35)42/h5-15,20,23,30,33,39H,16-19,21-22H2,1-4H3,(H,36,42)/t23-,30+,33-,35+/m0/s1. The Morgan fingerprint density at radius 3 is 2.47 bits per heavy atom. The van der Waals surface area contributed by atoms with Gasteiger partial charge in [-0.15, -0.1) is 0 Å². The second-order valence-corrected chi connectivity index (χ2v) is 17.6. The minimum absolute atomic E-state index is 0.0541. The highest BCUT2D eigenvalue weighted by Gasteiger charge is 2.65. The Kier molecular flexibility index (Phi) is 8.32. The Balaban J connectivity index is 1.40. The van der Waals surface area contributed by atoms with Crippen molar-refractivity contribution in [3.63, 3.8) is 0 Å². The Morgan fingerprint density at radius 1 is 1.11 bits per heavy atom. The first-order valence-corrected chi connectivity index (χ1v) is 18.7. The number of rotatable bonds is 10. The van der Waals surface area contributed by atoms with Gasteiger partial charge in [-0.25, -0.2) is 0 Å². The van der Waals surface area contributed by atoms with Crippen LogP contribution in [0.5, 0.6) is 5.75 Å². The van der Waals surface area contributed by atoms with Gasteiger partial charge in [0.2, 0.25) is 11.8 Å². The predicted molar refractivity (Wildman–Crippen MR) is 175 cm³/mol. The molecule has 3 aliphatic rings. The Hall–Kier alpha value is -3.99. The minimum Gasteiger partial charge on any atom is -0.497 e. The van der Waals surface area contributed by atoms with Crippen molar-refractivity contribution in [1.29, 1.82) is 0 Å². The summed E-state index contributed by atoms with van der Waals surface area (Å²) in [4.78, 5) is 43.8. The summed E-state index contributed by atoms with van der Waals surface area (Å²) in [5.41, 5.74) is 1.67. The van der Waals surface area contributed by atoms with Gasteiger partial charge in [-0.3, -0.25) is 14.4 Å². The molecule has 10 heteroatoms. The maximum Gasteiger partial charge on any atom is 0.261 e. The summed E-state index contributed by atoms with van der Waals surface area (Å²) >= 11 is 0. The van der Waals surface area contributed by atoms with Crippen LogP contribution in [-0.4, -0.2) is 68.7 Å². The first-order valence-electron chi connectivity index (χ1n) is 15.6. The van der Waals surface area contributed by atoms with Crippen molar-refractivity contribution in [1.82, 2.24) is 4.90 Å². The number of carbonyl (C=O) groups is 3. The fourth-order valence-corrected chi connectivity index (χ4v) is 11.6. The number of carbonyl (C=O) groups excluding carboxylic acids is 3. The number of nitrogens with one attached hydrogen (secondary N) is 1. The van der Waals surface area contributed by atoms with E-state index in [0.717, 1.165) is 17.0 Å². The number of nitrogens with zero attached hydrogens (tertiary/aromatic N) is 2. The number of fused-ring (bicyclic) bond motifs is 2. The molecule has 3 aliphatic heterocycles. The van der Waals surface area contributed by atoms with Crippen molar-refractivity contribution < 1.29 is 29.0 Å². The summed E-state index contributed by atoms with van der Waals surface area (Å²) in [5.74, 6) is 0.167. The zero-order valence-electron chi connectivity index (χ0n) is 26.3. The summed E-state index contributed by atoms with van der Waals surface area (Å²) in [6.07, 6.45) is 0.0237. The van der Waals surface area contributed by atoms with Crippen LogP contribution in [0.1, 0.15) is 30.9 Å². The van der Waals surface area contributed by atoms with E-state index in [4.69, 9.17) is 9.47 Å². The summed E-state index contributed by atoms with van der Waals surface area (Å²) < 4.78 is 12.4. The third-order valence-electron chi connectivity index (χ3n) is 10.1. The molecule has 45 heavy (non-hydrogen) atoms. The first-order chi connectivity index (χ1) is 21.6. The van der Waals surface area contributed by atoms with Crippen LogP contribution in [0.3, 0.4) is 0 Å². The van der Waals surface area contributed by atoms with E-state index in [1.807, 2.05) is 60.7 Å². The second-order valence-electron chi connectivity index (χ2n) is 12.9. The summed E-state index contributed by atoms with van der Waals surface area (Å²) in [6, 6.07) is 23.4. The maximum atomic E-state index is 14.0. The van der Waals surface area contributed by atoms with Crippen LogP contribution in [0, 0.1) is 5.92 Å². The topological polar surface area (TPSA) is 108 Å². The van der Waals surface area contributed by atoms with Crippen LogP contribution in [0.4, 0.5) is 11.4 Å². The molecule has 0 saturated carbocycles. The molecule has 6 rings (SSSR count). The molecule has 4 atom stereocenters. The van der Waals surface area contributed by atoms with Gasteiger partial charge in [-0.05, 0) is 41.4 Å². The normalized spacial score (nSPS) is 23.9. The van der Waals surface area contributed by atoms with E-state index in [1.54, 1.807) is 16.9 Å². The molecule has 1 spiro atoms. The number of ether oxygens (including phenoxy) is 2. The van der Waals surface area contributed by atoms with Crippen LogP contribution < -0.4 is 20.1 Å². The Bertz CT molecular complexity index is 1600. The van der Waals surface area contributed by atoms with Crippen molar-refractivity contribution >= 4 is 42.4 Å². The number of aliphatic hydroxyl groups excluding tert-OH is 1. The molecule has 3 heterocycles. The van der Waals surface area contributed by atoms with Crippen molar-refractivity contribution in [3.8, 4) is 5.75 Å². The van der Waals surface area contributed by atoms with E-state index in [0.29, 0.717) is 30.8 Å². The minimum atomic E-state index is -2.43. The van der Waals surface area contributed by atoms with Gasteiger partial charge < -0.3 is 29.7 Å². The molecule has 0 aromatic heterocycles. The number of hydrogen-bond donors (Lipinski definition) is 2.